The van der Waals surface area contributed by atoms with Crippen LogP contribution in [0.4, 0.5) is 0 Å². The first-order chi connectivity index (χ1) is 14.6. The summed E-state index contributed by atoms with van der Waals surface area (Å²) in [5, 5.41) is 0. The van der Waals surface area contributed by atoms with Gasteiger partial charge in [-0.25, -0.2) is 0 Å². The molecule has 0 aromatic heterocycles. The number of carbonyl (C=O) groups is 2. The van der Waals surface area contributed by atoms with Crippen molar-refractivity contribution in [2.75, 3.05) is 27.1 Å². The molecule has 2 aliphatic rings. The molecule has 30 heavy (non-hydrogen) atoms. The predicted octanol–water partition coefficient (Wildman–Crippen LogP) is 4.02. The molecule has 1 unspecified atom stereocenters. The van der Waals surface area contributed by atoms with Gasteiger partial charge in [-0.2, -0.15) is 0 Å². The summed E-state index contributed by atoms with van der Waals surface area (Å²) < 4.78 is 22.2. The number of benzene rings is 1. The summed E-state index contributed by atoms with van der Waals surface area (Å²) in [5.74, 6) is 0.674. The molecule has 166 valence electrons. The van der Waals surface area contributed by atoms with Crippen LogP contribution in [0, 0.1) is 5.92 Å². The van der Waals surface area contributed by atoms with Crippen molar-refractivity contribution >= 4 is 11.8 Å². The van der Waals surface area contributed by atoms with E-state index in [1.807, 2.05) is 6.07 Å². The molecular formula is C24H34O6. The van der Waals surface area contributed by atoms with Gasteiger partial charge in [0.1, 0.15) is 23.6 Å². The standard InChI is InChI=1S/C24H34O6/c1-3-18-8-9-22(29-17-28-13-12-27-2)19(14-18)10-11-24(20-6-4-5-7-20)16-21(25)15-23(26)30-24/h8-9,14,20H,3-7,10-13,15-17H2,1-2H3. The minimum atomic E-state index is -0.669. The van der Waals surface area contributed by atoms with Crippen LogP contribution >= 0.6 is 0 Å². The van der Waals surface area contributed by atoms with Gasteiger partial charge < -0.3 is 18.9 Å². The number of cyclic esters (lactones) is 1. The quantitative estimate of drug-likeness (QED) is 0.234. The van der Waals surface area contributed by atoms with Crippen LogP contribution in [-0.4, -0.2) is 44.5 Å². The molecule has 1 aliphatic heterocycles. The second-order valence-electron chi connectivity index (χ2n) is 8.37. The lowest BCUT2D eigenvalue weighted by Crippen LogP contribution is -2.48. The van der Waals surface area contributed by atoms with Crippen molar-refractivity contribution in [2.45, 2.75) is 70.3 Å². The summed E-state index contributed by atoms with van der Waals surface area (Å²) >= 11 is 0. The van der Waals surface area contributed by atoms with Gasteiger partial charge in [0.05, 0.1) is 13.2 Å². The summed E-state index contributed by atoms with van der Waals surface area (Å²) in [4.78, 5) is 24.5. The lowest BCUT2D eigenvalue weighted by Gasteiger charge is -2.41. The Morgan fingerprint density at radius 3 is 2.67 bits per heavy atom. The molecule has 2 fully saturated rings. The Morgan fingerprint density at radius 2 is 1.97 bits per heavy atom. The number of ketones is 1. The SMILES string of the molecule is CCc1ccc(OCOCCOC)c(CCC2(C3CCCC3)CC(=O)CC(=O)O2)c1. The summed E-state index contributed by atoms with van der Waals surface area (Å²) in [5.41, 5.74) is 1.62. The Balaban J connectivity index is 1.73. The highest BCUT2D eigenvalue weighted by Gasteiger charge is 2.47. The van der Waals surface area contributed by atoms with E-state index in [-0.39, 0.29) is 30.9 Å². The minimum Gasteiger partial charge on any atom is -0.467 e. The monoisotopic (exact) mass is 418 g/mol. The maximum absolute atomic E-state index is 12.3. The van der Waals surface area contributed by atoms with E-state index in [2.05, 4.69) is 19.1 Å². The Morgan fingerprint density at radius 1 is 1.17 bits per heavy atom. The number of ether oxygens (including phenoxy) is 4. The average molecular weight is 419 g/mol. The highest BCUT2D eigenvalue weighted by Crippen LogP contribution is 2.44. The number of Topliss-reactive ketones (excluding diaryl/α,β-unsaturated/α-hetero) is 1. The predicted molar refractivity (Wildman–Crippen MR) is 112 cm³/mol. The molecular weight excluding hydrogens is 384 g/mol. The molecule has 0 amide bonds. The zero-order chi connectivity index (χ0) is 21.4. The number of hydrogen-bond donors (Lipinski definition) is 0. The van der Waals surface area contributed by atoms with Gasteiger partial charge in [0.25, 0.3) is 0 Å². The van der Waals surface area contributed by atoms with E-state index in [1.54, 1.807) is 7.11 Å². The van der Waals surface area contributed by atoms with Gasteiger partial charge in [0, 0.05) is 13.5 Å². The average Bonchev–Trinajstić information content (AvgIpc) is 3.27. The first-order valence-corrected chi connectivity index (χ1v) is 11.1. The summed E-state index contributed by atoms with van der Waals surface area (Å²) in [7, 11) is 1.63. The fourth-order valence-electron chi connectivity index (χ4n) is 4.72. The van der Waals surface area contributed by atoms with Crippen LogP contribution < -0.4 is 4.74 Å². The zero-order valence-electron chi connectivity index (χ0n) is 18.2. The van der Waals surface area contributed by atoms with Gasteiger partial charge in [-0.1, -0.05) is 31.9 Å². The largest absolute Gasteiger partial charge is 0.467 e. The van der Waals surface area contributed by atoms with Crippen molar-refractivity contribution in [3.05, 3.63) is 29.3 Å². The van der Waals surface area contributed by atoms with Crippen LogP contribution in [0.25, 0.3) is 0 Å². The molecule has 6 nitrogen and oxygen atoms in total. The fourth-order valence-corrected chi connectivity index (χ4v) is 4.72. The van der Waals surface area contributed by atoms with Gasteiger partial charge in [-0.15, -0.1) is 0 Å². The van der Waals surface area contributed by atoms with Crippen molar-refractivity contribution < 1.29 is 28.5 Å². The molecule has 6 heteroatoms. The molecule has 0 radical (unpaired) electrons. The van der Waals surface area contributed by atoms with Crippen LogP contribution in [0.2, 0.25) is 0 Å². The van der Waals surface area contributed by atoms with Gasteiger partial charge in [-0.05, 0) is 55.2 Å². The smallest absolute Gasteiger partial charge is 0.313 e. The first-order valence-electron chi connectivity index (χ1n) is 11.1. The van der Waals surface area contributed by atoms with Crippen molar-refractivity contribution in [3.63, 3.8) is 0 Å². The molecule has 3 rings (SSSR count). The summed E-state index contributed by atoms with van der Waals surface area (Å²) in [6.45, 7) is 3.27. The van der Waals surface area contributed by atoms with Gasteiger partial charge in [0.15, 0.2) is 6.79 Å². The van der Waals surface area contributed by atoms with Gasteiger partial charge >= 0.3 is 5.97 Å². The topological polar surface area (TPSA) is 71.1 Å². The second kappa shape index (κ2) is 10.9. The van der Waals surface area contributed by atoms with E-state index < -0.39 is 5.60 Å². The van der Waals surface area contributed by atoms with E-state index >= 15 is 0 Å². The lowest BCUT2D eigenvalue weighted by atomic mass is 9.76. The fraction of sp³-hybridized carbons (Fsp3) is 0.667. The van der Waals surface area contributed by atoms with E-state index in [0.29, 0.717) is 32.5 Å². The number of carbonyl (C=O) groups excluding carboxylic acids is 2. The molecule has 1 aromatic carbocycles. The number of rotatable bonds is 11. The van der Waals surface area contributed by atoms with Crippen molar-refractivity contribution in [1.29, 1.82) is 0 Å². The van der Waals surface area contributed by atoms with E-state index in [9.17, 15) is 9.59 Å². The Bertz CT molecular complexity index is 706. The summed E-state index contributed by atoms with van der Waals surface area (Å²) in [6, 6.07) is 6.19. The van der Waals surface area contributed by atoms with E-state index in [4.69, 9.17) is 18.9 Å². The van der Waals surface area contributed by atoms with Crippen molar-refractivity contribution in [1.82, 2.24) is 0 Å². The second-order valence-corrected chi connectivity index (χ2v) is 8.37. The maximum Gasteiger partial charge on any atom is 0.313 e. The van der Waals surface area contributed by atoms with Crippen molar-refractivity contribution in [3.8, 4) is 5.75 Å². The lowest BCUT2D eigenvalue weighted by molar-refractivity contribution is -0.178. The van der Waals surface area contributed by atoms with Gasteiger partial charge in [0.2, 0.25) is 0 Å². The van der Waals surface area contributed by atoms with Crippen LogP contribution in [0.5, 0.6) is 5.75 Å². The third kappa shape index (κ3) is 5.82. The molecule has 0 spiro atoms. The number of esters is 1. The molecule has 1 saturated heterocycles. The molecule has 0 N–H and O–H groups in total. The molecule has 1 aromatic rings. The molecule has 1 saturated carbocycles. The molecule has 0 bridgehead atoms. The van der Waals surface area contributed by atoms with Crippen LogP contribution in [0.1, 0.15) is 63.0 Å². The maximum atomic E-state index is 12.3. The summed E-state index contributed by atoms with van der Waals surface area (Å²) in [6.07, 6.45) is 6.83. The van der Waals surface area contributed by atoms with Crippen LogP contribution in [0.15, 0.2) is 18.2 Å². The normalized spacial score (nSPS) is 22.3. The number of hydrogen-bond acceptors (Lipinski definition) is 6. The third-order valence-electron chi connectivity index (χ3n) is 6.33. The van der Waals surface area contributed by atoms with E-state index in [0.717, 1.165) is 43.4 Å². The molecule has 1 atom stereocenters. The highest BCUT2D eigenvalue weighted by atomic mass is 16.7. The van der Waals surface area contributed by atoms with Crippen LogP contribution in [0.3, 0.4) is 0 Å². The Hall–Kier alpha value is -1.92. The Labute approximate surface area is 179 Å². The Kier molecular flexibility index (Phi) is 8.28. The molecule has 1 aliphatic carbocycles. The minimum absolute atomic E-state index is 0.00322. The first kappa shape index (κ1) is 22.8. The highest BCUT2D eigenvalue weighted by molar-refractivity contribution is 5.98. The van der Waals surface area contributed by atoms with Gasteiger partial charge in [-0.3, -0.25) is 9.59 Å². The zero-order valence-corrected chi connectivity index (χ0v) is 18.2. The molecule has 1 heterocycles. The van der Waals surface area contributed by atoms with E-state index in [1.165, 1.54) is 5.56 Å². The van der Waals surface area contributed by atoms with Crippen LogP contribution in [-0.2, 0) is 36.6 Å². The van der Waals surface area contributed by atoms with Crippen molar-refractivity contribution in [2.24, 2.45) is 5.92 Å². The number of aryl methyl sites for hydroxylation is 2. The third-order valence-corrected chi connectivity index (χ3v) is 6.33. The number of methoxy groups -OCH3 is 1.